The number of ketones is 1. The lowest BCUT2D eigenvalue weighted by Crippen LogP contribution is -2.58. The zero-order valence-corrected chi connectivity index (χ0v) is 23.0. The fourth-order valence-corrected chi connectivity index (χ4v) is 4.23. The van der Waals surface area contributed by atoms with Crippen molar-refractivity contribution < 1.29 is 47.0 Å². The predicted molar refractivity (Wildman–Crippen MR) is 140 cm³/mol. The number of aliphatic carboxylic acids is 1. The third-order valence-corrected chi connectivity index (χ3v) is 6.39. The lowest BCUT2D eigenvalue weighted by molar-refractivity contribution is -0.175. The van der Waals surface area contributed by atoms with E-state index in [0.717, 1.165) is 0 Å². The molecular weight excluding hydrogens is 551 g/mol. The number of nitrogens with one attached hydrogen (secondary N) is 4. The predicted octanol–water partition coefficient (Wildman–Crippen LogP) is 1.91. The topological polar surface area (TPSA) is 174 Å². The van der Waals surface area contributed by atoms with E-state index in [1.54, 1.807) is 13.8 Å². The number of carbonyl (C=O) groups is 6. The largest absolute Gasteiger partial charge is 0.480 e. The van der Waals surface area contributed by atoms with Crippen molar-refractivity contribution in [2.45, 2.75) is 64.8 Å². The van der Waals surface area contributed by atoms with Gasteiger partial charge in [0.2, 0.25) is 11.8 Å². The number of rotatable bonds is 11. The maximum atomic E-state index is 13.4. The van der Waals surface area contributed by atoms with Crippen molar-refractivity contribution in [2.75, 3.05) is 18.4 Å². The number of anilines is 1. The molecule has 1 saturated heterocycles. The summed E-state index contributed by atoms with van der Waals surface area (Å²) in [5, 5.41) is 18.1. The maximum Gasteiger partial charge on any atom is 0.452 e. The molecular formula is C26H34F3N5O7. The highest BCUT2D eigenvalue weighted by atomic mass is 19.4. The van der Waals surface area contributed by atoms with Crippen LogP contribution in [0.1, 0.15) is 50.9 Å². The fraction of sp³-hybridized carbons (Fsp3) is 0.538. The van der Waals surface area contributed by atoms with Gasteiger partial charge in [-0.15, -0.1) is 0 Å². The van der Waals surface area contributed by atoms with Crippen LogP contribution in [0.15, 0.2) is 24.3 Å². The molecule has 0 radical (unpaired) electrons. The van der Waals surface area contributed by atoms with Gasteiger partial charge in [-0.3, -0.25) is 24.0 Å². The Morgan fingerprint density at radius 3 is 2.05 bits per heavy atom. The number of benzene rings is 1. The van der Waals surface area contributed by atoms with Crippen molar-refractivity contribution in [2.24, 2.45) is 11.8 Å². The number of hydrogen-bond acceptors (Lipinski definition) is 6. The molecule has 5 N–H and O–H groups in total. The van der Waals surface area contributed by atoms with E-state index in [2.05, 4.69) is 21.3 Å². The summed E-state index contributed by atoms with van der Waals surface area (Å²) in [5.41, 5.74) is 0.419. The number of halogens is 3. The Labute approximate surface area is 234 Å². The highest BCUT2D eigenvalue weighted by Gasteiger charge is 2.46. The molecule has 3 atom stereocenters. The number of Topliss-reactive ketones (excluding diaryl/α,β-unsaturated/α-hetero) is 1. The van der Waals surface area contributed by atoms with E-state index in [9.17, 15) is 41.9 Å². The molecule has 1 heterocycles. The van der Waals surface area contributed by atoms with E-state index < -0.39 is 78.2 Å². The molecule has 1 aliphatic heterocycles. The van der Waals surface area contributed by atoms with Gasteiger partial charge >= 0.3 is 18.2 Å². The van der Waals surface area contributed by atoms with E-state index in [-0.39, 0.29) is 24.2 Å². The van der Waals surface area contributed by atoms with Crippen molar-refractivity contribution in [1.82, 2.24) is 20.9 Å². The first-order valence-corrected chi connectivity index (χ1v) is 12.9. The Bertz CT molecular complexity index is 1160. The second-order valence-corrected chi connectivity index (χ2v) is 10.3. The minimum atomic E-state index is -5.14. The number of likely N-dealkylation sites (tertiary alicyclic amines) is 1. The van der Waals surface area contributed by atoms with Crippen molar-refractivity contribution in [1.29, 1.82) is 0 Å². The van der Waals surface area contributed by atoms with E-state index in [1.807, 2.05) is 0 Å². The summed E-state index contributed by atoms with van der Waals surface area (Å²) in [6.45, 7) is 5.63. The second kappa shape index (κ2) is 13.9. The van der Waals surface area contributed by atoms with Gasteiger partial charge < -0.3 is 31.3 Å². The number of carboxylic acid groups (broad SMARTS) is 1. The lowest BCUT2D eigenvalue weighted by Gasteiger charge is -2.31. The Morgan fingerprint density at radius 2 is 1.54 bits per heavy atom. The van der Waals surface area contributed by atoms with Crippen LogP contribution < -0.4 is 21.3 Å². The van der Waals surface area contributed by atoms with Crippen LogP contribution in [-0.4, -0.2) is 82.9 Å². The molecule has 0 aliphatic carbocycles. The van der Waals surface area contributed by atoms with Crippen molar-refractivity contribution >= 4 is 41.2 Å². The first kappa shape index (κ1) is 33.0. The highest BCUT2D eigenvalue weighted by molar-refractivity contribution is 5.99. The summed E-state index contributed by atoms with van der Waals surface area (Å²) in [5.74, 6) is -6.69. The van der Waals surface area contributed by atoms with Crippen LogP contribution >= 0.6 is 0 Å². The van der Waals surface area contributed by atoms with Crippen LogP contribution in [0.3, 0.4) is 0 Å². The first-order valence-electron chi connectivity index (χ1n) is 12.9. The zero-order chi connectivity index (χ0) is 31.1. The van der Waals surface area contributed by atoms with Gasteiger partial charge in [0.05, 0.1) is 6.04 Å². The van der Waals surface area contributed by atoms with Crippen molar-refractivity contribution in [3.8, 4) is 0 Å². The first-order chi connectivity index (χ1) is 19.0. The molecule has 0 bridgehead atoms. The minimum absolute atomic E-state index is 0.133. The minimum Gasteiger partial charge on any atom is -0.480 e. The van der Waals surface area contributed by atoms with Gasteiger partial charge in [-0.1, -0.05) is 27.7 Å². The van der Waals surface area contributed by atoms with Crippen molar-refractivity contribution in [3.63, 3.8) is 0 Å². The number of carboxylic acids is 1. The van der Waals surface area contributed by atoms with Gasteiger partial charge in [0.1, 0.15) is 18.6 Å². The molecule has 226 valence electrons. The van der Waals surface area contributed by atoms with Crippen LogP contribution in [0.2, 0.25) is 0 Å². The summed E-state index contributed by atoms with van der Waals surface area (Å²) >= 11 is 0. The molecule has 1 unspecified atom stereocenters. The SMILES string of the molecule is CC(C)C(NC(=O)[C@@H]1CCCN1C(=O)[C@@H](NC(=O)Nc1ccc(C(=O)NCC(=O)O)cc1)C(C)C)C(=O)C(F)(F)F. The van der Waals surface area contributed by atoms with E-state index in [4.69, 9.17) is 5.11 Å². The van der Waals surface area contributed by atoms with Gasteiger partial charge in [-0.05, 0) is 48.9 Å². The number of alkyl halides is 3. The zero-order valence-electron chi connectivity index (χ0n) is 23.0. The quantitative estimate of drug-likeness (QED) is 0.264. The summed E-state index contributed by atoms with van der Waals surface area (Å²) in [6, 6.07) is 0.734. The second-order valence-electron chi connectivity index (χ2n) is 10.3. The standard InChI is InChI=1S/C26H34F3N5O7/c1-13(2)19(21(37)26(27,28)29)32-23(39)17-6-5-11-34(17)24(40)20(14(3)4)33-25(41)31-16-9-7-15(8-10-16)22(38)30-12-18(35)36/h7-10,13-14,17,19-20H,5-6,11-12H2,1-4H3,(H,30,38)(H,32,39)(H,35,36)(H2,31,33,41)/t17-,19?,20-/m0/s1. The molecule has 1 fully saturated rings. The Balaban J connectivity index is 2.08. The normalized spacial score (nSPS) is 16.6. The average molecular weight is 586 g/mol. The molecule has 1 aromatic rings. The van der Waals surface area contributed by atoms with E-state index >= 15 is 0 Å². The van der Waals surface area contributed by atoms with Gasteiger partial charge in [-0.25, -0.2) is 4.79 Å². The summed E-state index contributed by atoms with van der Waals surface area (Å²) in [4.78, 5) is 74.6. The smallest absolute Gasteiger partial charge is 0.452 e. The van der Waals surface area contributed by atoms with Gasteiger partial charge in [0.25, 0.3) is 11.7 Å². The summed E-state index contributed by atoms with van der Waals surface area (Å²) in [6.07, 6.45) is -4.57. The summed E-state index contributed by atoms with van der Waals surface area (Å²) < 4.78 is 39.1. The Morgan fingerprint density at radius 1 is 0.951 bits per heavy atom. The fourth-order valence-electron chi connectivity index (χ4n) is 4.23. The maximum absolute atomic E-state index is 13.4. The highest BCUT2D eigenvalue weighted by Crippen LogP contribution is 2.24. The van der Waals surface area contributed by atoms with E-state index in [0.29, 0.717) is 6.42 Å². The number of urea groups is 1. The van der Waals surface area contributed by atoms with Crippen molar-refractivity contribution in [3.05, 3.63) is 29.8 Å². The van der Waals surface area contributed by atoms with E-state index in [1.165, 1.54) is 43.0 Å². The number of hydrogen-bond donors (Lipinski definition) is 5. The third kappa shape index (κ3) is 9.18. The van der Waals surface area contributed by atoms with Gasteiger partial charge in [-0.2, -0.15) is 13.2 Å². The van der Waals surface area contributed by atoms with Crippen LogP contribution in [-0.2, 0) is 19.2 Å². The molecule has 0 aromatic heterocycles. The molecule has 5 amide bonds. The lowest BCUT2D eigenvalue weighted by atomic mass is 9.98. The number of carbonyl (C=O) groups excluding carboxylic acids is 5. The molecule has 2 rings (SSSR count). The van der Waals surface area contributed by atoms with Gasteiger partial charge in [0, 0.05) is 17.8 Å². The van der Waals surface area contributed by atoms with Crippen LogP contribution in [0, 0.1) is 11.8 Å². The molecule has 1 aromatic carbocycles. The van der Waals surface area contributed by atoms with Gasteiger partial charge in [0.15, 0.2) is 0 Å². The molecule has 12 nitrogen and oxygen atoms in total. The third-order valence-electron chi connectivity index (χ3n) is 6.39. The van der Waals surface area contributed by atoms with Crippen LogP contribution in [0.4, 0.5) is 23.7 Å². The molecule has 0 spiro atoms. The van der Waals surface area contributed by atoms with Crippen LogP contribution in [0.5, 0.6) is 0 Å². The molecule has 15 heteroatoms. The molecule has 1 aliphatic rings. The molecule has 41 heavy (non-hydrogen) atoms. The average Bonchev–Trinajstić information content (AvgIpc) is 3.38. The summed E-state index contributed by atoms with van der Waals surface area (Å²) in [7, 11) is 0. The Kier molecular flexibility index (Phi) is 11.2. The number of nitrogens with zero attached hydrogens (tertiary/aromatic N) is 1. The number of amides is 5. The van der Waals surface area contributed by atoms with Crippen LogP contribution in [0.25, 0.3) is 0 Å². The molecule has 0 saturated carbocycles. The Hall–Kier alpha value is -4.17. The monoisotopic (exact) mass is 585 g/mol.